The number of morpholine rings is 1. The summed E-state index contributed by atoms with van der Waals surface area (Å²) in [6.07, 6.45) is 1.51. The number of nitrogens with zero attached hydrogens (tertiary/aromatic N) is 3. The van der Waals surface area contributed by atoms with Crippen LogP contribution in [0.15, 0.2) is 56.9 Å². The molecule has 11 heteroatoms. The van der Waals surface area contributed by atoms with Gasteiger partial charge in [0.05, 0.1) is 29.2 Å². The van der Waals surface area contributed by atoms with Gasteiger partial charge in [0.1, 0.15) is 5.69 Å². The minimum Gasteiger partial charge on any atom is -0.379 e. The van der Waals surface area contributed by atoms with Gasteiger partial charge in [-0.05, 0) is 29.8 Å². The number of ether oxygens (including phenoxy) is 1. The summed E-state index contributed by atoms with van der Waals surface area (Å²) in [6.45, 7) is 1.02. The zero-order valence-corrected chi connectivity index (χ0v) is 17.0. The molecule has 0 unspecified atom stereocenters. The van der Waals surface area contributed by atoms with E-state index >= 15 is 0 Å². The van der Waals surface area contributed by atoms with Crippen LogP contribution < -0.4 is 5.43 Å². The van der Waals surface area contributed by atoms with Crippen LogP contribution >= 0.6 is 15.9 Å². The molecule has 0 saturated carbocycles. The molecule has 3 rings (SSSR count). The second kappa shape index (κ2) is 8.78. The van der Waals surface area contributed by atoms with Crippen molar-refractivity contribution in [1.82, 2.24) is 4.31 Å². The van der Waals surface area contributed by atoms with Crippen molar-refractivity contribution >= 4 is 43.5 Å². The molecule has 0 spiro atoms. The quantitative estimate of drug-likeness (QED) is 0.396. The third-order valence-electron chi connectivity index (χ3n) is 4.02. The van der Waals surface area contributed by atoms with E-state index in [1.54, 1.807) is 0 Å². The molecule has 1 aliphatic heterocycles. The van der Waals surface area contributed by atoms with Crippen LogP contribution in [0.5, 0.6) is 0 Å². The normalized spacial score (nSPS) is 15.6. The molecule has 148 valence electrons. The molecule has 28 heavy (non-hydrogen) atoms. The summed E-state index contributed by atoms with van der Waals surface area (Å²) in [5.41, 5.74) is 3.11. The molecule has 1 aliphatic rings. The molecule has 0 radical (unpaired) electrons. The molecule has 9 nitrogen and oxygen atoms in total. The second-order valence-corrected chi connectivity index (χ2v) is 8.73. The fourth-order valence-corrected chi connectivity index (χ4v) is 4.46. The van der Waals surface area contributed by atoms with Crippen LogP contribution in [0.3, 0.4) is 0 Å². The maximum atomic E-state index is 12.7. The number of rotatable bonds is 6. The molecule has 1 fully saturated rings. The average Bonchev–Trinajstić information content (AvgIpc) is 2.68. The predicted molar refractivity (Wildman–Crippen MR) is 108 cm³/mol. The zero-order valence-electron chi connectivity index (χ0n) is 14.6. The van der Waals surface area contributed by atoms with Crippen LogP contribution in [-0.2, 0) is 14.8 Å². The van der Waals surface area contributed by atoms with Gasteiger partial charge in [-0.3, -0.25) is 15.5 Å². The van der Waals surface area contributed by atoms with E-state index in [-0.39, 0.29) is 29.4 Å². The fraction of sp³-hybridized carbons (Fsp3) is 0.235. The van der Waals surface area contributed by atoms with Gasteiger partial charge in [-0.25, -0.2) is 8.42 Å². The monoisotopic (exact) mass is 468 g/mol. The molecular formula is C17H17BrN4O5S. The highest BCUT2D eigenvalue weighted by Gasteiger charge is 2.28. The number of nitro groups is 1. The number of nitrogens with one attached hydrogen (secondary N) is 1. The Kier molecular flexibility index (Phi) is 6.39. The Labute approximate surface area is 170 Å². The van der Waals surface area contributed by atoms with Crippen LogP contribution in [0, 0.1) is 10.1 Å². The van der Waals surface area contributed by atoms with Crippen molar-refractivity contribution in [2.45, 2.75) is 4.90 Å². The van der Waals surface area contributed by atoms with Crippen molar-refractivity contribution in [2.24, 2.45) is 5.10 Å². The summed E-state index contributed by atoms with van der Waals surface area (Å²) in [6, 6.07) is 11.1. The first-order valence-electron chi connectivity index (χ1n) is 8.29. The number of hydrogen-bond donors (Lipinski definition) is 1. The van der Waals surface area contributed by atoms with Crippen LogP contribution in [0.2, 0.25) is 0 Å². The van der Waals surface area contributed by atoms with Crippen LogP contribution in [0.25, 0.3) is 0 Å². The number of nitro benzene ring substituents is 1. The van der Waals surface area contributed by atoms with Crippen LogP contribution in [0.4, 0.5) is 11.4 Å². The van der Waals surface area contributed by atoms with E-state index in [0.29, 0.717) is 13.2 Å². The first kappa shape index (κ1) is 20.4. The van der Waals surface area contributed by atoms with E-state index in [1.165, 1.54) is 22.7 Å². The highest BCUT2D eigenvalue weighted by atomic mass is 79.9. The van der Waals surface area contributed by atoms with Crippen molar-refractivity contribution in [2.75, 3.05) is 31.7 Å². The summed E-state index contributed by atoms with van der Waals surface area (Å²) in [4.78, 5) is 10.7. The number of hydrogen-bond acceptors (Lipinski definition) is 7. The second-order valence-electron chi connectivity index (χ2n) is 5.88. The summed E-state index contributed by atoms with van der Waals surface area (Å²) >= 11 is 3.35. The van der Waals surface area contributed by atoms with E-state index in [9.17, 15) is 18.5 Å². The molecular weight excluding hydrogens is 452 g/mol. The van der Waals surface area contributed by atoms with Crippen molar-refractivity contribution in [3.63, 3.8) is 0 Å². The van der Waals surface area contributed by atoms with Gasteiger partial charge in [0.15, 0.2) is 0 Å². The minimum atomic E-state index is -3.83. The highest BCUT2D eigenvalue weighted by molar-refractivity contribution is 9.10. The lowest BCUT2D eigenvalue weighted by molar-refractivity contribution is -0.384. The number of benzene rings is 2. The summed E-state index contributed by atoms with van der Waals surface area (Å²) in [5.74, 6) is 0. The van der Waals surface area contributed by atoms with Crippen LogP contribution in [-0.4, -0.2) is 50.2 Å². The topological polar surface area (TPSA) is 114 Å². The van der Waals surface area contributed by atoms with Crippen molar-refractivity contribution in [3.05, 3.63) is 62.6 Å². The molecule has 2 aromatic rings. The smallest absolute Gasteiger partial charge is 0.295 e. The Morgan fingerprint density at radius 2 is 1.96 bits per heavy atom. The van der Waals surface area contributed by atoms with E-state index in [4.69, 9.17) is 4.74 Å². The van der Waals surface area contributed by atoms with Gasteiger partial charge >= 0.3 is 0 Å². The molecule has 2 aromatic carbocycles. The maximum Gasteiger partial charge on any atom is 0.295 e. The van der Waals surface area contributed by atoms with Crippen molar-refractivity contribution < 1.29 is 18.1 Å². The van der Waals surface area contributed by atoms with E-state index in [0.717, 1.165) is 16.1 Å². The first-order chi connectivity index (χ1) is 13.4. The molecule has 0 bridgehead atoms. The summed E-state index contributed by atoms with van der Waals surface area (Å²) in [7, 11) is -3.83. The largest absolute Gasteiger partial charge is 0.379 e. The summed E-state index contributed by atoms with van der Waals surface area (Å²) < 4.78 is 32.7. The Morgan fingerprint density at radius 3 is 2.64 bits per heavy atom. The Balaban J connectivity index is 1.84. The molecule has 0 atom stereocenters. The number of hydrazone groups is 1. The molecule has 1 saturated heterocycles. The lowest BCUT2D eigenvalue weighted by atomic mass is 10.2. The van der Waals surface area contributed by atoms with E-state index in [2.05, 4.69) is 26.5 Å². The lowest BCUT2D eigenvalue weighted by Gasteiger charge is -2.26. The van der Waals surface area contributed by atoms with Gasteiger partial charge in [-0.2, -0.15) is 9.41 Å². The molecule has 1 N–H and O–H groups in total. The van der Waals surface area contributed by atoms with Gasteiger partial charge < -0.3 is 4.74 Å². The van der Waals surface area contributed by atoms with Crippen molar-refractivity contribution in [1.29, 1.82) is 0 Å². The third kappa shape index (κ3) is 4.73. The maximum absolute atomic E-state index is 12.7. The van der Waals surface area contributed by atoms with Gasteiger partial charge in [0.25, 0.3) is 5.69 Å². The SMILES string of the molecule is O=[N+]([O-])c1cc(S(=O)(=O)N2CCOCC2)ccc1NN=Cc1cccc(Br)c1. The van der Waals surface area contributed by atoms with Gasteiger partial charge in [0, 0.05) is 23.6 Å². The first-order valence-corrected chi connectivity index (χ1v) is 10.5. The van der Waals surface area contributed by atoms with E-state index in [1.807, 2.05) is 24.3 Å². The van der Waals surface area contributed by atoms with Crippen LogP contribution in [0.1, 0.15) is 5.56 Å². The minimum absolute atomic E-state index is 0.0946. The molecule has 0 amide bonds. The third-order valence-corrected chi connectivity index (χ3v) is 6.41. The van der Waals surface area contributed by atoms with Crippen molar-refractivity contribution in [3.8, 4) is 0 Å². The standard InChI is InChI=1S/C17H17BrN4O5S/c18-14-3-1-2-13(10-14)12-19-20-16-5-4-15(11-17(16)22(23)24)28(25,26)21-6-8-27-9-7-21/h1-5,10-12,20H,6-9H2. The average molecular weight is 469 g/mol. The predicted octanol–water partition coefficient (Wildman–Crippen LogP) is 2.82. The zero-order chi connectivity index (χ0) is 20.1. The van der Waals surface area contributed by atoms with Gasteiger partial charge in [-0.1, -0.05) is 28.1 Å². The Morgan fingerprint density at radius 1 is 1.21 bits per heavy atom. The Bertz CT molecular complexity index is 1010. The number of sulfonamides is 1. The highest BCUT2D eigenvalue weighted by Crippen LogP contribution is 2.29. The Hall–Kier alpha value is -2.34. The van der Waals surface area contributed by atoms with Gasteiger partial charge in [0.2, 0.25) is 10.0 Å². The number of anilines is 1. The van der Waals surface area contributed by atoms with E-state index < -0.39 is 14.9 Å². The molecule has 0 aliphatic carbocycles. The number of halogens is 1. The summed E-state index contributed by atoms with van der Waals surface area (Å²) in [5, 5.41) is 15.4. The van der Waals surface area contributed by atoms with Gasteiger partial charge in [-0.15, -0.1) is 0 Å². The lowest BCUT2D eigenvalue weighted by Crippen LogP contribution is -2.40. The fourth-order valence-electron chi connectivity index (χ4n) is 2.62. The molecule has 0 aromatic heterocycles. The molecule has 1 heterocycles.